The molecule has 9 heteroatoms. The first-order valence-corrected chi connectivity index (χ1v) is 8.10. The van der Waals surface area contributed by atoms with E-state index in [9.17, 15) is 22.0 Å². The summed E-state index contributed by atoms with van der Waals surface area (Å²) in [7, 11) is 0. The minimum absolute atomic E-state index is 0.167. The van der Waals surface area contributed by atoms with Crippen LogP contribution in [0.1, 0.15) is 23.9 Å². The number of aromatic nitrogens is 3. The molecule has 0 bridgehead atoms. The molecule has 3 rings (SSSR count). The lowest BCUT2D eigenvalue weighted by Gasteiger charge is -2.16. The van der Waals surface area contributed by atoms with Crippen molar-refractivity contribution in [1.29, 1.82) is 0 Å². The predicted molar refractivity (Wildman–Crippen MR) is 92.3 cm³/mol. The van der Waals surface area contributed by atoms with E-state index in [0.717, 1.165) is 13.0 Å². The molecule has 3 heterocycles. The lowest BCUT2D eigenvalue weighted by molar-refractivity contribution is -0.141. The number of pyridine rings is 2. The first-order valence-electron chi connectivity index (χ1n) is 8.10. The van der Waals surface area contributed by atoms with E-state index in [1.807, 2.05) is 0 Å². The number of rotatable bonds is 4. The Hall–Kier alpha value is -2.71. The Morgan fingerprint density at radius 2 is 1.81 bits per heavy atom. The molecule has 0 unspecified atom stereocenters. The molecule has 144 valence electrons. The van der Waals surface area contributed by atoms with Crippen molar-refractivity contribution in [1.82, 2.24) is 14.5 Å². The molecular formula is C18H17F5N4. The summed E-state index contributed by atoms with van der Waals surface area (Å²) in [6.45, 7) is 3.35. The van der Waals surface area contributed by atoms with Gasteiger partial charge >= 0.3 is 6.18 Å². The number of aryl methyl sites for hydroxylation is 2. The van der Waals surface area contributed by atoms with Gasteiger partial charge in [-0.15, -0.1) is 0 Å². The van der Waals surface area contributed by atoms with Crippen LogP contribution in [0.5, 0.6) is 0 Å². The highest BCUT2D eigenvalue weighted by molar-refractivity contribution is 5.92. The summed E-state index contributed by atoms with van der Waals surface area (Å²) in [5.41, 5.74) is 0.500. The molecule has 0 aromatic carbocycles. The Kier molecular flexibility index (Phi) is 4.57. The Balaban J connectivity index is 2.01. The normalized spacial score (nSPS) is 12.6. The van der Waals surface area contributed by atoms with Crippen LogP contribution in [0.2, 0.25) is 0 Å². The molecule has 0 aliphatic rings. The Morgan fingerprint density at radius 3 is 2.41 bits per heavy atom. The van der Waals surface area contributed by atoms with Gasteiger partial charge in [-0.05, 0) is 37.6 Å². The summed E-state index contributed by atoms with van der Waals surface area (Å²) in [5.74, 6) is -2.52. The average molecular weight is 384 g/mol. The average Bonchev–Trinajstić information content (AvgIpc) is 2.92. The topological polar surface area (TPSA) is 42.7 Å². The highest BCUT2D eigenvalue weighted by Gasteiger charge is 2.33. The fraction of sp³-hybridized carbons (Fsp3) is 0.333. The number of alkyl halides is 5. The molecule has 0 radical (unpaired) electrons. The van der Waals surface area contributed by atoms with Gasteiger partial charge in [-0.3, -0.25) is 0 Å². The van der Waals surface area contributed by atoms with Crippen molar-refractivity contribution in [2.75, 3.05) is 5.32 Å². The lowest BCUT2D eigenvalue weighted by Crippen LogP contribution is -2.18. The maximum absolute atomic E-state index is 13.3. The van der Waals surface area contributed by atoms with E-state index in [2.05, 4.69) is 15.3 Å². The molecule has 0 spiro atoms. The summed E-state index contributed by atoms with van der Waals surface area (Å²) >= 11 is 0. The minimum atomic E-state index is -4.53. The Morgan fingerprint density at radius 1 is 1.11 bits per heavy atom. The zero-order chi connectivity index (χ0) is 20.0. The van der Waals surface area contributed by atoms with Crippen molar-refractivity contribution < 1.29 is 22.0 Å². The van der Waals surface area contributed by atoms with Gasteiger partial charge in [-0.2, -0.15) is 13.2 Å². The molecule has 0 amide bonds. The second-order valence-electron chi connectivity index (χ2n) is 6.51. The summed E-state index contributed by atoms with van der Waals surface area (Å²) in [4.78, 5) is 7.82. The minimum Gasteiger partial charge on any atom is -0.341 e. The standard InChI is InChI=1S/C18H17F5N4/c1-10-8-14(18(21,22)23)25-11(2)15(10)26-16-12-5-7-27(9-17(3,19)20)13(12)4-6-24-16/h4-8H,9H2,1-3H3,(H,24,26). The van der Waals surface area contributed by atoms with Crippen molar-refractivity contribution in [3.8, 4) is 0 Å². The number of nitrogens with zero attached hydrogens (tertiary/aromatic N) is 3. The van der Waals surface area contributed by atoms with E-state index in [4.69, 9.17) is 0 Å². The smallest absolute Gasteiger partial charge is 0.341 e. The molecular weight excluding hydrogens is 367 g/mol. The third-order valence-corrected chi connectivity index (χ3v) is 4.08. The molecule has 0 aliphatic carbocycles. The molecule has 0 saturated heterocycles. The maximum atomic E-state index is 13.3. The van der Waals surface area contributed by atoms with Gasteiger partial charge in [0, 0.05) is 24.7 Å². The molecule has 27 heavy (non-hydrogen) atoms. The quantitative estimate of drug-likeness (QED) is 0.607. The van der Waals surface area contributed by atoms with Gasteiger partial charge in [0.1, 0.15) is 11.5 Å². The van der Waals surface area contributed by atoms with Crippen molar-refractivity contribution in [2.24, 2.45) is 0 Å². The van der Waals surface area contributed by atoms with Crippen LogP contribution in [0.15, 0.2) is 30.6 Å². The highest BCUT2D eigenvalue weighted by atomic mass is 19.4. The summed E-state index contributed by atoms with van der Waals surface area (Å²) < 4.78 is 66.8. The Bertz CT molecular complexity index is 963. The summed E-state index contributed by atoms with van der Waals surface area (Å²) in [6, 6.07) is 4.20. The van der Waals surface area contributed by atoms with Crippen LogP contribution in [0, 0.1) is 13.8 Å². The van der Waals surface area contributed by atoms with Crippen molar-refractivity contribution in [2.45, 2.75) is 39.4 Å². The number of hydrogen-bond acceptors (Lipinski definition) is 3. The van der Waals surface area contributed by atoms with Gasteiger partial charge in [0.25, 0.3) is 5.92 Å². The fourth-order valence-electron chi connectivity index (χ4n) is 2.94. The van der Waals surface area contributed by atoms with Gasteiger partial charge in [0.05, 0.1) is 23.4 Å². The maximum Gasteiger partial charge on any atom is 0.433 e. The molecule has 0 saturated carbocycles. The van der Waals surface area contributed by atoms with Gasteiger partial charge in [0.15, 0.2) is 0 Å². The largest absolute Gasteiger partial charge is 0.433 e. The third kappa shape index (κ3) is 4.01. The zero-order valence-electron chi connectivity index (χ0n) is 14.8. The van der Waals surface area contributed by atoms with E-state index in [1.54, 1.807) is 12.1 Å². The van der Waals surface area contributed by atoms with E-state index < -0.39 is 24.3 Å². The zero-order valence-corrected chi connectivity index (χ0v) is 14.8. The molecule has 0 atom stereocenters. The SMILES string of the molecule is Cc1cc(C(F)(F)F)nc(C)c1Nc1nccc2c1ccn2CC(C)(F)F. The molecule has 3 aromatic rings. The first kappa shape index (κ1) is 19.1. The van der Waals surface area contributed by atoms with Crippen LogP contribution >= 0.6 is 0 Å². The van der Waals surface area contributed by atoms with Crippen molar-refractivity contribution in [3.63, 3.8) is 0 Å². The van der Waals surface area contributed by atoms with Crippen molar-refractivity contribution in [3.05, 3.63) is 47.5 Å². The van der Waals surface area contributed by atoms with E-state index in [1.165, 1.54) is 30.8 Å². The fourth-order valence-corrected chi connectivity index (χ4v) is 2.94. The van der Waals surface area contributed by atoms with Crippen molar-refractivity contribution >= 4 is 22.4 Å². The van der Waals surface area contributed by atoms with Crippen LogP contribution in [-0.4, -0.2) is 20.5 Å². The van der Waals surface area contributed by atoms with Gasteiger partial charge in [0.2, 0.25) is 0 Å². The third-order valence-electron chi connectivity index (χ3n) is 4.08. The second kappa shape index (κ2) is 6.47. The monoisotopic (exact) mass is 384 g/mol. The second-order valence-corrected chi connectivity index (χ2v) is 6.51. The van der Waals surface area contributed by atoms with Gasteiger partial charge in [-0.25, -0.2) is 18.7 Å². The molecule has 0 fully saturated rings. The number of nitrogens with one attached hydrogen (secondary N) is 1. The first-order chi connectivity index (χ1) is 12.5. The van der Waals surface area contributed by atoms with Crippen LogP contribution < -0.4 is 5.32 Å². The predicted octanol–water partition coefficient (Wildman–Crippen LogP) is 5.47. The number of fused-ring (bicyclic) bond motifs is 1. The molecule has 0 aliphatic heterocycles. The lowest BCUT2D eigenvalue weighted by atomic mass is 10.1. The summed E-state index contributed by atoms with van der Waals surface area (Å²) in [5, 5.41) is 3.58. The number of halogens is 5. The number of hydrogen-bond donors (Lipinski definition) is 1. The van der Waals surface area contributed by atoms with E-state index >= 15 is 0 Å². The molecule has 3 aromatic heterocycles. The van der Waals surface area contributed by atoms with Crippen LogP contribution in [0.25, 0.3) is 10.9 Å². The van der Waals surface area contributed by atoms with E-state index in [-0.39, 0.29) is 5.69 Å². The van der Waals surface area contributed by atoms with Crippen LogP contribution in [0.3, 0.4) is 0 Å². The van der Waals surface area contributed by atoms with Gasteiger partial charge < -0.3 is 9.88 Å². The summed E-state index contributed by atoms with van der Waals surface area (Å²) in [6.07, 6.45) is -1.55. The van der Waals surface area contributed by atoms with Crippen LogP contribution in [-0.2, 0) is 12.7 Å². The van der Waals surface area contributed by atoms with Gasteiger partial charge in [-0.1, -0.05) is 0 Å². The van der Waals surface area contributed by atoms with E-state index in [0.29, 0.717) is 28.0 Å². The number of anilines is 2. The van der Waals surface area contributed by atoms with Crippen LogP contribution in [0.4, 0.5) is 33.5 Å². The highest BCUT2D eigenvalue weighted by Crippen LogP contribution is 2.33. The molecule has 4 nitrogen and oxygen atoms in total. The molecule has 1 N–H and O–H groups in total. The Labute approximate surface area is 152 Å².